The first-order chi connectivity index (χ1) is 9.86. The van der Waals surface area contributed by atoms with Crippen LogP contribution in [0.5, 0.6) is 0 Å². The number of piperidine rings is 1. The van der Waals surface area contributed by atoms with Gasteiger partial charge in [-0.15, -0.1) is 0 Å². The van der Waals surface area contributed by atoms with Crippen LogP contribution in [0.15, 0.2) is 4.52 Å². The number of rotatable bonds is 5. The van der Waals surface area contributed by atoms with E-state index in [2.05, 4.69) is 27.3 Å². The third kappa shape index (κ3) is 3.20. The van der Waals surface area contributed by atoms with Crippen molar-refractivity contribution in [1.82, 2.24) is 20.4 Å². The predicted molar refractivity (Wildman–Crippen MR) is 77.4 cm³/mol. The molecule has 1 aromatic rings. The highest BCUT2D eigenvalue weighted by Crippen LogP contribution is 2.25. The number of aryl methyl sites for hydroxylation is 1. The number of aromatic nitrogens is 2. The van der Waals surface area contributed by atoms with Gasteiger partial charge in [0.15, 0.2) is 5.82 Å². The zero-order valence-electron chi connectivity index (χ0n) is 12.5. The van der Waals surface area contributed by atoms with E-state index in [1.165, 1.54) is 45.2 Å². The van der Waals surface area contributed by atoms with Crippen LogP contribution in [0.1, 0.15) is 57.2 Å². The summed E-state index contributed by atoms with van der Waals surface area (Å²) in [5, 5.41) is 7.80. The van der Waals surface area contributed by atoms with Gasteiger partial charge in [0.2, 0.25) is 5.89 Å². The monoisotopic (exact) mass is 278 g/mol. The zero-order chi connectivity index (χ0) is 13.8. The summed E-state index contributed by atoms with van der Waals surface area (Å²) in [7, 11) is 0. The van der Waals surface area contributed by atoms with Gasteiger partial charge in [0.25, 0.3) is 0 Å². The van der Waals surface area contributed by atoms with Crippen molar-refractivity contribution in [3.63, 3.8) is 0 Å². The maximum Gasteiger partial charge on any atom is 0.226 e. The predicted octanol–water partition coefficient (Wildman–Crippen LogP) is 2.13. The van der Waals surface area contributed by atoms with E-state index in [-0.39, 0.29) is 0 Å². The summed E-state index contributed by atoms with van der Waals surface area (Å²) in [4.78, 5) is 7.08. The second-order valence-corrected chi connectivity index (χ2v) is 6.09. The molecule has 5 nitrogen and oxygen atoms in total. The SMILES string of the molecule is CCCc1nc(CN2CCCCC2C2CCCN2)no1. The van der Waals surface area contributed by atoms with Crippen molar-refractivity contribution in [2.75, 3.05) is 13.1 Å². The summed E-state index contributed by atoms with van der Waals surface area (Å²) < 4.78 is 5.30. The molecule has 0 aliphatic carbocycles. The van der Waals surface area contributed by atoms with Crippen molar-refractivity contribution < 1.29 is 4.52 Å². The maximum absolute atomic E-state index is 5.30. The van der Waals surface area contributed by atoms with E-state index in [4.69, 9.17) is 4.52 Å². The summed E-state index contributed by atoms with van der Waals surface area (Å²) in [5.74, 6) is 1.65. The number of hydrogen-bond acceptors (Lipinski definition) is 5. The fourth-order valence-electron chi connectivity index (χ4n) is 3.56. The van der Waals surface area contributed by atoms with Crippen molar-refractivity contribution in [1.29, 1.82) is 0 Å². The average molecular weight is 278 g/mol. The van der Waals surface area contributed by atoms with Gasteiger partial charge in [-0.25, -0.2) is 0 Å². The molecule has 20 heavy (non-hydrogen) atoms. The van der Waals surface area contributed by atoms with Gasteiger partial charge in [0, 0.05) is 18.5 Å². The summed E-state index contributed by atoms with van der Waals surface area (Å²) in [6, 6.07) is 1.32. The molecule has 2 atom stereocenters. The van der Waals surface area contributed by atoms with Crippen LogP contribution < -0.4 is 5.32 Å². The molecule has 0 radical (unpaired) electrons. The number of nitrogens with one attached hydrogen (secondary N) is 1. The van der Waals surface area contributed by atoms with Crippen LogP contribution in [-0.2, 0) is 13.0 Å². The van der Waals surface area contributed by atoms with E-state index in [0.29, 0.717) is 12.1 Å². The molecule has 1 aromatic heterocycles. The number of hydrogen-bond donors (Lipinski definition) is 1. The van der Waals surface area contributed by atoms with Crippen molar-refractivity contribution in [3.05, 3.63) is 11.7 Å². The van der Waals surface area contributed by atoms with Gasteiger partial charge in [0.1, 0.15) is 0 Å². The Morgan fingerprint density at radius 1 is 1.30 bits per heavy atom. The van der Waals surface area contributed by atoms with Crippen molar-refractivity contribution >= 4 is 0 Å². The van der Waals surface area contributed by atoms with Gasteiger partial charge in [0.05, 0.1) is 6.54 Å². The first-order valence-electron chi connectivity index (χ1n) is 8.15. The molecule has 2 aliphatic rings. The topological polar surface area (TPSA) is 54.2 Å². The molecule has 0 aromatic carbocycles. The third-order valence-corrected chi connectivity index (χ3v) is 4.55. The molecule has 0 saturated carbocycles. The molecule has 5 heteroatoms. The summed E-state index contributed by atoms with van der Waals surface area (Å²) in [5.41, 5.74) is 0. The van der Waals surface area contributed by atoms with Gasteiger partial charge in [-0.2, -0.15) is 4.98 Å². The smallest absolute Gasteiger partial charge is 0.226 e. The lowest BCUT2D eigenvalue weighted by Gasteiger charge is -2.38. The van der Waals surface area contributed by atoms with Crippen LogP contribution >= 0.6 is 0 Å². The van der Waals surface area contributed by atoms with Crippen LogP contribution in [0.4, 0.5) is 0 Å². The molecule has 2 fully saturated rings. The molecule has 0 spiro atoms. The highest BCUT2D eigenvalue weighted by molar-refractivity contribution is 4.94. The normalized spacial score (nSPS) is 28.1. The highest BCUT2D eigenvalue weighted by Gasteiger charge is 2.32. The molecule has 1 N–H and O–H groups in total. The van der Waals surface area contributed by atoms with E-state index >= 15 is 0 Å². The molecule has 3 heterocycles. The molecule has 3 rings (SSSR count). The Morgan fingerprint density at radius 2 is 2.25 bits per heavy atom. The summed E-state index contributed by atoms with van der Waals surface area (Å²) in [6.07, 6.45) is 8.53. The minimum Gasteiger partial charge on any atom is -0.339 e. The van der Waals surface area contributed by atoms with Crippen molar-refractivity contribution in [2.24, 2.45) is 0 Å². The van der Waals surface area contributed by atoms with Gasteiger partial charge >= 0.3 is 0 Å². The van der Waals surface area contributed by atoms with E-state index < -0.39 is 0 Å². The number of nitrogens with zero attached hydrogens (tertiary/aromatic N) is 3. The largest absolute Gasteiger partial charge is 0.339 e. The second-order valence-electron chi connectivity index (χ2n) is 6.09. The lowest BCUT2D eigenvalue weighted by atomic mass is 9.94. The lowest BCUT2D eigenvalue weighted by Crippen LogP contribution is -2.49. The first-order valence-corrected chi connectivity index (χ1v) is 8.15. The van der Waals surface area contributed by atoms with Gasteiger partial charge in [-0.05, 0) is 45.2 Å². The molecular formula is C15H26N4O. The number of likely N-dealkylation sites (tertiary alicyclic amines) is 1. The fraction of sp³-hybridized carbons (Fsp3) is 0.867. The second kappa shape index (κ2) is 6.68. The quantitative estimate of drug-likeness (QED) is 0.894. The van der Waals surface area contributed by atoms with E-state index in [1.54, 1.807) is 0 Å². The van der Waals surface area contributed by atoms with Crippen LogP contribution in [0.2, 0.25) is 0 Å². The van der Waals surface area contributed by atoms with Crippen LogP contribution in [-0.4, -0.2) is 40.2 Å². The standard InChI is InChI=1S/C15H26N4O/c1-2-6-15-17-14(18-20-15)11-19-10-4-3-8-13(19)12-7-5-9-16-12/h12-13,16H,2-11H2,1H3. The molecule has 0 amide bonds. The summed E-state index contributed by atoms with van der Waals surface area (Å²) >= 11 is 0. The summed E-state index contributed by atoms with van der Waals surface area (Å²) in [6.45, 7) is 5.32. The molecule has 112 valence electrons. The van der Waals surface area contributed by atoms with Gasteiger partial charge in [-0.3, -0.25) is 4.90 Å². The Balaban J connectivity index is 1.63. The van der Waals surface area contributed by atoms with Gasteiger partial charge in [-0.1, -0.05) is 18.5 Å². The van der Waals surface area contributed by atoms with Crippen LogP contribution in [0.3, 0.4) is 0 Å². The minimum absolute atomic E-state index is 0.652. The Morgan fingerprint density at radius 3 is 3.05 bits per heavy atom. The van der Waals surface area contributed by atoms with Gasteiger partial charge < -0.3 is 9.84 Å². The zero-order valence-corrected chi connectivity index (χ0v) is 12.5. The van der Waals surface area contributed by atoms with Crippen molar-refractivity contribution in [2.45, 2.75) is 70.5 Å². The van der Waals surface area contributed by atoms with Crippen LogP contribution in [0.25, 0.3) is 0 Å². The lowest BCUT2D eigenvalue weighted by molar-refractivity contribution is 0.108. The van der Waals surface area contributed by atoms with Crippen molar-refractivity contribution in [3.8, 4) is 0 Å². The molecular weight excluding hydrogens is 252 g/mol. The fourth-order valence-corrected chi connectivity index (χ4v) is 3.56. The van der Waals surface area contributed by atoms with Crippen LogP contribution in [0, 0.1) is 0 Å². The molecule has 2 saturated heterocycles. The third-order valence-electron chi connectivity index (χ3n) is 4.55. The Kier molecular flexibility index (Phi) is 4.68. The minimum atomic E-state index is 0.652. The van der Waals surface area contributed by atoms with E-state index in [9.17, 15) is 0 Å². The maximum atomic E-state index is 5.30. The first kappa shape index (κ1) is 14.0. The Hall–Kier alpha value is -0.940. The highest BCUT2D eigenvalue weighted by atomic mass is 16.5. The Labute approximate surface area is 121 Å². The molecule has 0 bridgehead atoms. The van der Waals surface area contributed by atoms with E-state index in [1.807, 2.05) is 0 Å². The Bertz CT molecular complexity index is 414. The van der Waals surface area contributed by atoms with E-state index in [0.717, 1.165) is 31.1 Å². The molecule has 2 aliphatic heterocycles. The molecule has 2 unspecified atom stereocenters. The average Bonchev–Trinajstić information content (AvgIpc) is 3.12.